The summed E-state index contributed by atoms with van der Waals surface area (Å²) < 4.78 is 13.6. The molecule has 9 heteroatoms. The van der Waals surface area contributed by atoms with E-state index < -0.39 is 25.8 Å². The van der Waals surface area contributed by atoms with Gasteiger partial charge >= 0.3 is 6.09 Å². The van der Waals surface area contributed by atoms with Crippen LogP contribution in [0.4, 0.5) is 10.5 Å². The number of hydrogen-bond acceptors (Lipinski definition) is 5. The molecule has 2 amide bonds. The summed E-state index contributed by atoms with van der Waals surface area (Å²) in [4.78, 5) is 26.6. The third kappa shape index (κ3) is 8.43. The first-order chi connectivity index (χ1) is 18.7. The van der Waals surface area contributed by atoms with E-state index in [2.05, 4.69) is 42.3 Å². The molecule has 40 heavy (non-hydrogen) atoms. The van der Waals surface area contributed by atoms with Gasteiger partial charge in [0.05, 0.1) is 18.5 Å². The fraction of sp³-hybridized carbons (Fsp3) is 0.645. The summed E-state index contributed by atoms with van der Waals surface area (Å²) in [5, 5.41) is 10.5. The van der Waals surface area contributed by atoms with Crippen molar-refractivity contribution >= 4 is 25.8 Å². The van der Waals surface area contributed by atoms with Gasteiger partial charge in [-0.05, 0) is 100 Å². The Hall–Kier alpha value is -2.65. The van der Waals surface area contributed by atoms with Gasteiger partial charge < -0.3 is 20.1 Å². The van der Waals surface area contributed by atoms with E-state index in [1.54, 1.807) is 0 Å². The van der Waals surface area contributed by atoms with E-state index in [0.29, 0.717) is 30.7 Å². The SMILES string of the molecule is Cc1cnn(C)c1-c1ccc(NC(=O)[C@@H](NC(=O)OC(C)(C)C)C(C2CC2)C2CC2)cc1COCC[Si](C)(C)C. The number of nitrogens with zero attached hydrogens (tertiary/aromatic N) is 2. The van der Waals surface area contributed by atoms with Gasteiger partial charge in [-0.25, -0.2) is 4.79 Å². The van der Waals surface area contributed by atoms with Crippen LogP contribution in [0.15, 0.2) is 24.4 Å². The summed E-state index contributed by atoms with van der Waals surface area (Å²) in [6.07, 6.45) is 5.76. The molecule has 0 aliphatic heterocycles. The van der Waals surface area contributed by atoms with E-state index in [1.807, 2.05) is 56.9 Å². The van der Waals surface area contributed by atoms with Crippen molar-refractivity contribution in [1.82, 2.24) is 15.1 Å². The Morgan fingerprint density at radius 2 is 1.77 bits per heavy atom. The summed E-state index contributed by atoms with van der Waals surface area (Å²) in [7, 11) is 0.727. The Kier molecular flexibility index (Phi) is 9.14. The summed E-state index contributed by atoms with van der Waals surface area (Å²) in [5.41, 5.74) is 4.22. The summed E-state index contributed by atoms with van der Waals surface area (Å²) >= 11 is 0. The number of nitrogens with one attached hydrogen (secondary N) is 2. The third-order valence-electron chi connectivity index (χ3n) is 7.68. The van der Waals surface area contributed by atoms with Crippen LogP contribution in [-0.2, 0) is 27.9 Å². The first-order valence-electron chi connectivity index (χ1n) is 14.7. The van der Waals surface area contributed by atoms with E-state index >= 15 is 0 Å². The average Bonchev–Trinajstić information content (AvgIpc) is 3.76. The van der Waals surface area contributed by atoms with Gasteiger partial charge in [0, 0.05) is 33.0 Å². The van der Waals surface area contributed by atoms with E-state index in [0.717, 1.165) is 54.1 Å². The second-order valence-electron chi connectivity index (χ2n) is 13.9. The quantitative estimate of drug-likeness (QED) is 0.225. The number of aryl methyl sites for hydroxylation is 2. The fourth-order valence-electron chi connectivity index (χ4n) is 5.40. The molecule has 2 N–H and O–H groups in total. The molecule has 0 unspecified atom stereocenters. The van der Waals surface area contributed by atoms with Crippen LogP contribution >= 0.6 is 0 Å². The minimum atomic E-state index is -1.21. The number of hydrogen-bond donors (Lipinski definition) is 2. The number of benzene rings is 1. The zero-order valence-corrected chi connectivity index (χ0v) is 26.6. The van der Waals surface area contributed by atoms with Crippen LogP contribution < -0.4 is 10.6 Å². The molecule has 4 rings (SSSR count). The molecule has 2 fully saturated rings. The second kappa shape index (κ2) is 12.1. The lowest BCUT2D eigenvalue weighted by Crippen LogP contribution is -2.51. The van der Waals surface area contributed by atoms with E-state index in [9.17, 15) is 9.59 Å². The van der Waals surface area contributed by atoms with Crippen molar-refractivity contribution in [1.29, 1.82) is 0 Å². The van der Waals surface area contributed by atoms with E-state index in [1.165, 1.54) is 0 Å². The van der Waals surface area contributed by atoms with Gasteiger partial charge in [-0.1, -0.05) is 25.7 Å². The third-order valence-corrected chi connectivity index (χ3v) is 9.38. The molecule has 220 valence electrons. The van der Waals surface area contributed by atoms with Crippen LogP contribution in [0.2, 0.25) is 25.7 Å². The normalized spacial score (nSPS) is 16.6. The number of alkyl carbamates (subject to hydrolysis) is 1. The van der Waals surface area contributed by atoms with Crippen LogP contribution in [0.25, 0.3) is 11.3 Å². The Labute approximate surface area is 240 Å². The molecule has 1 heterocycles. The number of carbonyl (C=O) groups is 2. The van der Waals surface area contributed by atoms with Crippen molar-refractivity contribution < 1.29 is 19.1 Å². The highest BCUT2D eigenvalue weighted by Gasteiger charge is 2.48. The van der Waals surface area contributed by atoms with Gasteiger partial charge in [-0.3, -0.25) is 9.48 Å². The van der Waals surface area contributed by atoms with E-state index in [-0.39, 0.29) is 11.8 Å². The van der Waals surface area contributed by atoms with Crippen molar-refractivity contribution in [2.45, 2.75) is 97.3 Å². The predicted octanol–water partition coefficient (Wildman–Crippen LogP) is 6.52. The monoisotopic (exact) mass is 568 g/mol. The van der Waals surface area contributed by atoms with Crippen LogP contribution in [0.5, 0.6) is 0 Å². The number of rotatable bonds is 12. The lowest BCUT2D eigenvalue weighted by molar-refractivity contribution is -0.120. The Morgan fingerprint density at radius 3 is 2.30 bits per heavy atom. The van der Waals surface area contributed by atoms with Gasteiger partial charge in [-0.15, -0.1) is 0 Å². The molecule has 0 saturated heterocycles. The van der Waals surface area contributed by atoms with Gasteiger partial charge in [0.15, 0.2) is 0 Å². The standard InChI is InChI=1S/C31H48N4O4Si/c1-20-18-32-35(5)28(20)25-14-13-24(17-23(25)19-38-15-16-40(6,7)8)33-29(36)27(34-30(37)39-31(2,3)4)26(21-9-10-21)22-11-12-22/h13-14,17-18,21-22,26-27H,9-12,15-16,19H2,1-8H3,(H,33,36)(H,34,37)/t27-/m0/s1. The molecule has 8 nitrogen and oxygen atoms in total. The molecule has 2 aliphatic rings. The topological polar surface area (TPSA) is 94.5 Å². The highest BCUT2D eigenvalue weighted by atomic mass is 28.3. The molecule has 0 radical (unpaired) electrons. The number of anilines is 1. The van der Waals surface area contributed by atoms with Crippen LogP contribution in [0.1, 0.15) is 57.6 Å². The maximum atomic E-state index is 13.8. The number of carbonyl (C=O) groups excluding carboxylic acids is 2. The summed E-state index contributed by atoms with van der Waals surface area (Å²) in [5.74, 6) is 0.894. The highest BCUT2D eigenvalue weighted by Crippen LogP contribution is 2.51. The zero-order chi connectivity index (χ0) is 29.2. The van der Waals surface area contributed by atoms with Crippen molar-refractivity contribution in [2.24, 2.45) is 24.8 Å². The zero-order valence-electron chi connectivity index (χ0n) is 25.6. The molecule has 0 spiro atoms. The Bertz CT molecular complexity index is 1170. The van der Waals surface area contributed by atoms with E-state index in [4.69, 9.17) is 9.47 Å². The van der Waals surface area contributed by atoms with Crippen molar-refractivity contribution in [3.63, 3.8) is 0 Å². The maximum absolute atomic E-state index is 13.8. The molecule has 2 aliphatic carbocycles. The minimum Gasteiger partial charge on any atom is -0.444 e. The first-order valence-corrected chi connectivity index (χ1v) is 18.4. The maximum Gasteiger partial charge on any atom is 0.408 e. The molecule has 1 aromatic heterocycles. The highest BCUT2D eigenvalue weighted by molar-refractivity contribution is 6.76. The molecule has 2 saturated carbocycles. The predicted molar refractivity (Wildman–Crippen MR) is 162 cm³/mol. The van der Waals surface area contributed by atoms with Gasteiger partial charge in [0.1, 0.15) is 11.6 Å². The largest absolute Gasteiger partial charge is 0.444 e. The van der Waals surface area contributed by atoms with Crippen LogP contribution in [0, 0.1) is 24.7 Å². The Balaban J connectivity index is 1.57. The Morgan fingerprint density at radius 1 is 1.12 bits per heavy atom. The number of aromatic nitrogens is 2. The molecule has 1 aromatic carbocycles. The fourth-order valence-corrected chi connectivity index (χ4v) is 6.16. The first kappa shape index (κ1) is 30.3. The van der Waals surface area contributed by atoms with Crippen LogP contribution in [-0.4, -0.2) is 48.1 Å². The average molecular weight is 569 g/mol. The second-order valence-corrected chi connectivity index (χ2v) is 19.5. The molecule has 0 bridgehead atoms. The van der Waals surface area contributed by atoms with Crippen LogP contribution in [0.3, 0.4) is 0 Å². The van der Waals surface area contributed by atoms with Gasteiger partial charge in [-0.2, -0.15) is 5.10 Å². The molecular weight excluding hydrogens is 520 g/mol. The van der Waals surface area contributed by atoms with Gasteiger partial charge in [0.2, 0.25) is 5.91 Å². The van der Waals surface area contributed by atoms with Crippen molar-refractivity contribution in [2.75, 3.05) is 11.9 Å². The molecule has 1 atom stereocenters. The lowest BCUT2D eigenvalue weighted by Gasteiger charge is -2.29. The smallest absolute Gasteiger partial charge is 0.408 e. The number of amides is 2. The molecular formula is C31H48N4O4Si. The molecule has 2 aromatic rings. The van der Waals surface area contributed by atoms with Crippen molar-refractivity contribution in [3.05, 3.63) is 35.5 Å². The van der Waals surface area contributed by atoms with Gasteiger partial charge in [0.25, 0.3) is 0 Å². The minimum absolute atomic E-state index is 0.133. The lowest BCUT2D eigenvalue weighted by atomic mass is 9.88. The van der Waals surface area contributed by atoms with Crippen molar-refractivity contribution in [3.8, 4) is 11.3 Å². The summed E-state index contributed by atoms with van der Waals surface area (Å²) in [6, 6.07) is 6.42. The number of ether oxygens (including phenoxy) is 2. The summed E-state index contributed by atoms with van der Waals surface area (Å²) in [6.45, 7) is 15.7.